The van der Waals surface area contributed by atoms with Crippen molar-refractivity contribution in [3.8, 4) is 0 Å². The van der Waals surface area contributed by atoms with Crippen molar-refractivity contribution in [3.05, 3.63) is 36.0 Å². The maximum atomic E-state index is 4.87. The molecule has 3 aromatic rings. The number of benzene rings is 1. The largest absolute Gasteiger partial charge is 0.340 e. The first-order valence-electron chi connectivity index (χ1n) is 9.28. The fourth-order valence-corrected chi connectivity index (χ4v) is 3.85. The molecule has 0 amide bonds. The maximum absolute atomic E-state index is 4.87. The molecule has 26 heavy (non-hydrogen) atoms. The molecule has 1 aliphatic rings. The molecule has 136 valence electrons. The monoisotopic (exact) mass is 350 g/mol. The smallest absolute Gasteiger partial charge is 0.229 e. The van der Waals surface area contributed by atoms with Gasteiger partial charge in [-0.1, -0.05) is 31.5 Å². The standard InChI is InChI=1S/C20H26N6/c1-13-5-7-16(8-6-13)22-18-17-10-21-25(4)19(17)24-20(23-18)26-11-14(2)9-15(3)12-26/h5-8,10,14-15H,9,11-12H2,1-4H3,(H,22,23,24). The minimum atomic E-state index is 0.651. The van der Waals surface area contributed by atoms with E-state index in [1.54, 1.807) is 0 Å². The second kappa shape index (κ2) is 6.59. The van der Waals surface area contributed by atoms with E-state index in [1.807, 2.05) is 17.9 Å². The molecule has 0 radical (unpaired) electrons. The van der Waals surface area contributed by atoms with Crippen LogP contribution in [0.15, 0.2) is 30.5 Å². The highest BCUT2D eigenvalue weighted by atomic mass is 15.3. The predicted octanol–water partition coefficient (Wildman–Crippen LogP) is 3.90. The summed E-state index contributed by atoms with van der Waals surface area (Å²) in [6.07, 6.45) is 3.09. The summed E-state index contributed by atoms with van der Waals surface area (Å²) in [6.45, 7) is 8.69. The summed E-state index contributed by atoms with van der Waals surface area (Å²) in [5.74, 6) is 2.90. The number of piperidine rings is 1. The average molecular weight is 350 g/mol. The summed E-state index contributed by atoms with van der Waals surface area (Å²) in [7, 11) is 1.93. The lowest BCUT2D eigenvalue weighted by atomic mass is 9.92. The normalized spacial score (nSPS) is 20.5. The van der Waals surface area contributed by atoms with E-state index in [-0.39, 0.29) is 0 Å². The van der Waals surface area contributed by atoms with Crippen molar-refractivity contribution in [1.29, 1.82) is 0 Å². The van der Waals surface area contributed by atoms with Gasteiger partial charge in [-0.3, -0.25) is 4.68 Å². The van der Waals surface area contributed by atoms with Crippen LogP contribution in [-0.4, -0.2) is 32.8 Å². The third-order valence-electron chi connectivity index (χ3n) is 5.05. The van der Waals surface area contributed by atoms with Gasteiger partial charge in [0.1, 0.15) is 5.82 Å². The van der Waals surface area contributed by atoms with Crippen LogP contribution < -0.4 is 10.2 Å². The van der Waals surface area contributed by atoms with Gasteiger partial charge in [0.2, 0.25) is 5.95 Å². The maximum Gasteiger partial charge on any atom is 0.229 e. The summed E-state index contributed by atoms with van der Waals surface area (Å²) in [4.78, 5) is 12.0. The first kappa shape index (κ1) is 16.8. The summed E-state index contributed by atoms with van der Waals surface area (Å²) in [5, 5.41) is 8.78. The number of hydrogen-bond donors (Lipinski definition) is 1. The van der Waals surface area contributed by atoms with Crippen molar-refractivity contribution < 1.29 is 0 Å². The average Bonchev–Trinajstić information content (AvgIpc) is 2.97. The molecule has 2 unspecified atom stereocenters. The van der Waals surface area contributed by atoms with Crippen molar-refractivity contribution in [2.24, 2.45) is 18.9 Å². The van der Waals surface area contributed by atoms with E-state index >= 15 is 0 Å². The first-order valence-corrected chi connectivity index (χ1v) is 9.28. The van der Waals surface area contributed by atoms with E-state index in [2.05, 4.69) is 60.4 Å². The number of nitrogens with zero attached hydrogens (tertiary/aromatic N) is 5. The highest BCUT2D eigenvalue weighted by molar-refractivity contribution is 5.89. The van der Waals surface area contributed by atoms with Crippen LogP contribution >= 0.6 is 0 Å². The summed E-state index contributed by atoms with van der Waals surface area (Å²) in [6, 6.07) is 8.34. The minimum absolute atomic E-state index is 0.651. The molecule has 1 saturated heterocycles. The van der Waals surface area contributed by atoms with Crippen LogP contribution in [0, 0.1) is 18.8 Å². The van der Waals surface area contributed by atoms with Crippen LogP contribution in [0.2, 0.25) is 0 Å². The van der Waals surface area contributed by atoms with Gasteiger partial charge in [0.05, 0.1) is 11.6 Å². The number of anilines is 3. The molecule has 6 heteroatoms. The Balaban J connectivity index is 1.75. The molecule has 2 atom stereocenters. The van der Waals surface area contributed by atoms with Gasteiger partial charge in [-0.15, -0.1) is 0 Å². The van der Waals surface area contributed by atoms with Crippen molar-refractivity contribution >= 4 is 28.5 Å². The van der Waals surface area contributed by atoms with E-state index in [0.717, 1.165) is 41.6 Å². The quantitative estimate of drug-likeness (QED) is 0.776. The zero-order valence-corrected chi connectivity index (χ0v) is 15.9. The number of aromatic nitrogens is 4. The molecular formula is C20H26N6. The Bertz CT molecular complexity index is 904. The van der Waals surface area contributed by atoms with E-state index in [9.17, 15) is 0 Å². The highest BCUT2D eigenvalue weighted by Crippen LogP contribution is 2.29. The number of hydrogen-bond acceptors (Lipinski definition) is 5. The van der Waals surface area contributed by atoms with E-state index in [0.29, 0.717) is 11.8 Å². The molecule has 1 aromatic carbocycles. The summed E-state index contributed by atoms with van der Waals surface area (Å²) >= 11 is 0. The van der Waals surface area contributed by atoms with Gasteiger partial charge in [-0.25, -0.2) is 0 Å². The van der Waals surface area contributed by atoms with Gasteiger partial charge in [0, 0.05) is 25.8 Å². The number of fused-ring (bicyclic) bond motifs is 1. The Morgan fingerprint density at radius 1 is 1.04 bits per heavy atom. The van der Waals surface area contributed by atoms with Crippen molar-refractivity contribution in [2.75, 3.05) is 23.3 Å². The summed E-state index contributed by atoms with van der Waals surface area (Å²) in [5.41, 5.74) is 3.11. The van der Waals surface area contributed by atoms with E-state index in [1.165, 1.54) is 12.0 Å². The van der Waals surface area contributed by atoms with Crippen molar-refractivity contribution in [3.63, 3.8) is 0 Å². The molecule has 0 saturated carbocycles. The number of aryl methyl sites for hydroxylation is 2. The van der Waals surface area contributed by atoms with E-state index < -0.39 is 0 Å². The SMILES string of the molecule is Cc1ccc(Nc2nc(N3CC(C)CC(C)C3)nc3c2cnn3C)cc1. The zero-order chi connectivity index (χ0) is 18.3. The molecule has 3 heterocycles. The Hall–Kier alpha value is -2.63. The molecule has 2 aromatic heterocycles. The molecule has 1 fully saturated rings. The second-order valence-corrected chi connectivity index (χ2v) is 7.72. The second-order valence-electron chi connectivity index (χ2n) is 7.72. The molecule has 0 spiro atoms. The molecule has 0 aliphatic carbocycles. The van der Waals surface area contributed by atoms with Gasteiger partial charge in [0.25, 0.3) is 0 Å². The lowest BCUT2D eigenvalue weighted by Gasteiger charge is -2.35. The van der Waals surface area contributed by atoms with E-state index in [4.69, 9.17) is 9.97 Å². The number of rotatable bonds is 3. The molecule has 4 rings (SSSR count). The van der Waals surface area contributed by atoms with Crippen LogP contribution in [0.25, 0.3) is 11.0 Å². The van der Waals surface area contributed by atoms with Crippen molar-refractivity contribution in [2.45, 2.75) is 27.2 Å². The van der Waals surface area contributed by atoms with Gasteiger partial charge in [-0.2, -0.15) is 15.1 Å². The third kappa shape index (κ3) is 3.23. The first-order chi connectivity index (χ1) is 12.5. The Labute approximate surface area is 154 Å². The van der Waals surface area contributed by atoms with Crippen LogP contribution in [-0.2, 0) is 7.05 Å². The Morgan fingerprint density at radius 2 is 1.73 bits per heavy atom. The van der Waals surface area contributed by atoms with Crippen LogP contribution in [0.3, 0.4) is 0 Å². The Kier molecular flexibility index (Phi) is 4.26. The number of nitrogens with one attached hydrogen (secondary N) is 1. The lowest BCUT2D eigenvalue weighted by Crippen LogP contribution is -2.39. The predicted molar refractivity (Wildman–Crippen MR) is 106 cm³/mol. The zero-order valence-electron chi connectivity index (χ0n) is 15.9. The van der Waals surface area contributed by atoms with Crippen molar-refractivity contribution in [1.82, 2.24) is 19.7 Å². The third-order valence-corrected chi connectivity index (χ3v) is 5.05. The fourth-order valence-electron chi connectivity index (χ4n) is 3.85. The highest BCUT2D eigenvalue weighted by Gasteiger charge is 2.25. The van der Waals surface area contributed by atoms with Gasteiger partial charge >= 0.3 is 0 Å². The summed E-state index contributed by atoms with van der Waals surface area (Å²) < 4.78 is 1.82. The fraction of sp³-hybridized carbons (Fsp3) is 0.450. The molecule has 1 N–H and O–H groups in total. The van der Waals surface area contributed by atoms with Crippen LogP contribution in [0.1, 0.15) is 25.8 Å². The molecule has 0 bridgehead atoms. The topological polar surface area (TPSA) is 58.9 Å². The van der Waals surface area contributed by atoms with Gasteiger partial charge < -0.3 is 10.2 Å². The molecule has 1 aliphatic heterocycles. The molecule has 6 nitrogen and oxygen atoms in total. The van der Waals surface area contributed by atoms with Crippen LogP contribution in [0.5, 0.6) is 0 Å². The lowest BCUT2D eigenvalue weighted by molar-refractivity contribution is 0.354. The Morgan fingerprint density at radius 3 is 2.42 bits per heavy atom. The molecular weight excluding hydrogens is 324 g/mol. The van der Waals surface area contributed by atoms with Gasteiger partial charge in [0.15, 0.2) is 5.65 Å². The van der Waals surface area contributed by atoms with Crippen LogP contribution in [0.4, 0.5) is 17.5 Å². The van der Waals surface area contributed by atoms with Gasteiger partial charge in [-0.05, 0) is 37.3 Å². The minimum Gasteiger partial charge on any atom is -0.340 e.